The number of ether oxygens (including phenoxy) is 1. The van der Waals surface area contributed by atoms with Crippen molar-refractivity contribution in [3.63, 3.8) is 0 Å². The molecular weight excluding hydrogens is 326 g/mol. The summed E-state index contributed by atoms with van der Waals surface area (Å²) in [5, 5.41) is 6.79. The number of aromatic amines is 1. The van der Waals surface area contributed by atoms with Crippen LogP contribution in [0, 0.1) is 6.92 Å². The van der Waals surface area contributed by atoms with Crippen LogP contribution in [-0.2, 0) is 6.42 Å². The number of hydrogen-bond acceptors (Lipinski definition) is 4. The Morgan fingerprint density at radius 2 is 2.04 bits per heavy atom. The summed E-state index contributed by atoms with van der Waals surface area (Å²) in [6.07, 6.45) is 7.37. The fourth-order valence-electron chi connectivity index (χ4n) is 4.70. The van der Waals surface area contributed by atoms with E-state index < -0.39 is 0 Å². The first kappa shape index (κ1) is 16.1. The van der Waals surface area contributed by atoms with Crippen LogP contribution in [0.5, 0.6) is 5.75 Å². The molecule has 5 nitrogen and oxygen atoms in total. The molecule has 26 heavy (non-hydrogen) atoms. The van der Waals surface area contributed by atoms with Crippen LogP contribution in [-0.4, -0.2) is 39.8 Å². The third-order valence-corrected chi connectivity index (χ3v) is 6.47. The van der Waals surface area contributed by atoms with Gasteiger partial charge < -0.3 is 9.64 Å². The zero-order valence-corrected chi connectivity index (χ0v) is 15.3. The van der Waals surface area contributed by atoms with Crippen molar-refractivity contribution >= 4 is 0 Å². The van der Waals surface area contributed by atoms with Crippen LogP contribution in [0.4, 0.5) is 0 Å². The smallest absolute Gasteiger partial charge is 0.264 e. The van der Waals surface area contributed by atoms with Gasteiger partial charge in [-0.25, -0.2) is 5.10 Å². The molecule has 1 spiro atoms. The van der Waals surface area contributed by atoms with Gasteiger partial charge in [0.2, 0.25) is 0 Å². The Bertz CT molecular complexity index is 892. The van der Waals surface area contributed by atoms with Crippen LogP contribution in [0.15, 0.2) is 29.1 Å². The lowest BCUT2D eigenvalue weighted by Crippen LogP contribution is -2.52. The molecule has 2 aliphatic heterocycles. The number of piperidine rings is 1. The van der Waals surface area contributed by atoms with Gasteiger partial charge in [-0.05, 0) is 49.1 Å². The third kappa shape index (κ3) is 2.65. The molecule has 3 aliphatic rings. The Morgan fingerprint density at radius 3 is 2.73 bits per heavy atom. The first-order chi connectivity index (χ1) is 12.6. The quantitative estimate of drug-likeness (QED) is 0.903. The lowest BCUT2D eigenvalue weighted by Gasteiger charge is -2.45. The molecular formula is C21H25N3O2. The van der Waals surface area contributed by atoms with Gasteiger partial charge in [0.1, 0.15) is 11.4 Å². The molecule has 0 amide bonds. The molecule has 2 fully saturated rings. The average Bonchev–Trinajstić information content (AvgIpc) is 2.92. The molecule has 0 unspecified atom stereocenters. The van der Waals surface area contributed by atoms with Crippen molar-refractivity contribution in [1.29, 1.82) is 0 Å². The fraction of sp³-hybridized carbons (Fsp3) is 0.524. The number of hydrogen-bond donors (Lipinski definition) is 1. The largest absolute Gasteiger partial charge is 0.487 e. The summed E-state index contributed by atoms with van der Waals surface area (Å²) in [7, 11) is 0. The van der Waals surface area contributed by atoms with Crippen molar-refractivity contribution in [2.75, 3.05) is 13.1 Å². The molecule has 1 aromatic carbocycles. The standard InChI is InChI=1S/C21H25N3O2/c1-14-11-19(25)22-23-20(14)15-5-6-18-16(12-15)13-21(26-18)7-9-24(10-8-21)17-3-2-4-17/h5-6,11-12,17H,2-4,7-10,13H2,1H3,(H,22,25). The first-order valence-electron chi connectivity index (χ1n) is 9.75. The maximum absolute atomic E-state index is 11.4. The fourth-order valence-corrected chi connectivity index (χ4v) is 4.70. The number of rotatable bonds is 2. The van der Waals surface area contributed by atoms with Crippen LogP contribution in [0.2, 0.25) is 0 Å². The zero-order valence-electron chi connectivity index (χ0n) is 15.3. The molecule has 5 heteroatoms. The normalized spacial score (nSPS) is 22.0. The Balaban J connectivity index is 1.36. The van der Waals surface area contributed by atoms with E-state index in [1.165, 1.54) is 24.8 Å². The van der Waals surface area contributed by atoms with E-state index in [0.29, 0.717) is 0 Å². The van der Waals surface area contributed by atoms with E-state index in [1.807, 2.05) is 6.92 Å². The van der Waals surface area contributed by atoms with E-state index in [2.05, 4.69) is 33.3 Å². The first-order valence-corrected chi connectivity index (χ1v) is 9.75. The minimum Gasteiger partial charge on any atom is -0.487 e. The monoisotopic (exact) mass is 351 g/mol. The van der Waals surface area contributed by atoms with Gasteiger partial charge in [0.05, 0.1) is 5.69 Å². The molecule has 1 saturated carbocycles. The van der Waals surface area contributed by atoms with E-state index in [-0.39, 0.29) is 11.2 Å². The lowest BCUT2D eigenvalue weighted by molar-refractivity contribution is -0.00746. The van der Waals surface area contributed by atoms with E-state index in [4.69, 9.17) is 4.74 Å². The second-order valence-electron chi connectivity index (χ2n) is 8.17. The molecule has 1 saturated heterocycles. The topological polar surface area (TPSA) is 58.2 Å². The highest BCUT2D eigenvalue weighted by atomic mass is 16.5. The van der Waals surface area contributed by atoms with E-state index in [1.54, 1.807) is 6.07 Å². The number of fused-ring (bicyclic) bond motifs is 1. The number of benzene rings is 1. The summed E-state index contributed by atoms with van der Waals surface area (Å²) in [4.78, 5) is 14.1. The third-order valence-electron chi connectivity index (χ3n) is 6.47. The van der Waals surface area contributed by atoms with Crippen LogP contribution in [0.25, 0.3) is 11.3 Å². The van der Waals surface area contributed by atoms with Crippen molar-refractivity contribution in [3.8, 4) is 17.0 Å². The minimum absolute atomic E-state index is 0.0192. The van der Waals surface area contributed by atoms with Crippen LogP contribution in [0.3, 0.4) is 0 Å². The number of nitrogens with zero attached hydrogens (tertiary/aromatic N) is 2. The summed E-state index contributed by atoms with van der Waals surface area (Å²) in [5.41, 5.74) is 3.88. The molecule has 1 N–H and O–H groups in total. The molecule has 5 rings (SSSR count). The number of aryl methyl sites for hydroxylation is 1. The maximum Gasteiger partial charge on any atom is 0.264 e. The molecule has 1 aromatic heterocycles. The zero-order chi connectivity index (χ0) is 17.7. The van der Waals surface area contributed by atoms with Crippen molar-refractivity contribution in [2.24, 2.45) is 0 Å². The highest BCUT2D eigenvalue weighted by Crippen LogP contribution is 2.43. The van der Waals surface area contributed by atoms with E-state index in [9.17, 15) is 4.79 Å². The van der Waals surface area contributed by atoms with Crippen LogP contribution < -0.4 is 10.3 Å². The Hall–Kier alpha value is -2.14. The Morgan fingerprint density at radius 1 is 1.23 bits per heavy atom. The summed E-state index contributed by atoms with van der Waals surface area (Å²) in [6.45, 7) is 4.25. The van der Waals surface area contributed by atoms with Crippen LogP contribution in [0.1, 0.15) is 43.2 Å². The summed E-state index contributed by atoms with van der Waals surface area (Å²) >= 11 is 0. The molecule has 0 atom stereocenters. The average molecular weight is 351 g/mol. The van der Waals surface area contributed by atoms with Gasteiger partial charge in [-0.3, -0.25) is 4.79 Å². The SMILES string of the molecule is Cc1cc(=O)[nH]nc1-c1ccc2c(c1)CC1(CCN(C3CCC3)CC1)O2. The summed E-state index contributed by atoms with van der Waals surface area (Å²) < 4.78 is 6.45. The molecule has 0 radical (unpaired) electrons. The van der Waals surface area contributed by atoms with Gasteiger partial charge >= 0.3 is 0 Å². The number of likely N-dealkylation sites (tertiary alicyclic amines) is 1. The highest BCUT2D eigenvalue weighted by molar-refractivity contribution is 5.65. The second kappa shape index (κ2) is 5.95. The molecule has 136 valence electrons. The summed E-state index contributed by atoms with van der Waals surface area (Å²) in [5.74, 6) is 1.02. The van der Waals surface area contributed by atoms with Crippen molar-refractivity contribution < 1.29 is 4.74 Å². The van der Waals surface area contributed by atoms with Gasteiger partial charge in [0.25, 0.3) is 5.56 Å². The van der Waals surface area contributed by atoms with Crippen LogP contribution >= 0.6 is 0 Å². The van der Waals surface area contributed by atoms with Gasteiger partial charge in [0, 0.05) is 50.0 Å². The van der Waals surface area contributed by atoms with Gasteiger partial charge in [0.15, 0.2) is 0 Å². The molecule has 0 bridgehead atoms. The van der Waals surface area contributed by atoms with Crippen molar-refractivity contribution in [3.05, 3.63) is 45.7 Å². The van der Waals surface area contributed by atoms with Crippen molar-refractivity contribution in [2.45, 2.75) is 57.1 Å². The minimum atomic E-state index is -0.159. The Kier molecular flexibility index (Phi) is 3.67. The van der Waals surface area contributed by atoms with E-state index >= 15 is 0 Å². The van der Waals surface area contributed by atoms with Gasteiger partial charge in [-0.15, -0.1) is 0 Å². The predicted octanol–water partition coefficient (Wildman–Crippen LogP) is 3.07. The second-order valence-corrected chi connectivity index (χ2v) is 8.17. The maximum atomic E-state index is 11.4. The number of aromatic nitrogens is 2. The number of nitrogens with one attached hydrogen (secondary N) is 1. The van der Waals surface area contributed by atoms with E-state index in [0.717, 1.165) is 61.0 Å². The summed E-state index contributed by atoms with van der Waals surface area (Å²) in [6, 6.07) is 8.75. The lowest BCUT2D eigenvalue weighted by atomic mass is 9.83. The predicted molar refractivity (Wildman–Crippen MR) is 101 cm³/mol. The molecule has 1 aliphatic carbocycles. The molecule has 3 heterocycles. The van der Waals surface area contributed by atoms with Crippen molar-refractivity contribution in [1.82, 2.24) is 15.1 Å². The molecule has 2 aromatic rings. The Labute approximate surface area is 153 Å². The highest BCUT2D eigenvalue weighted by Gasteiger charge is 2.43. The number of H-pyrrole nitrogens is 1. The van der Waals surface area contributed by atoms with Gasteiger partial charge in [-0.1, -0.05) is 6.42 Å². The van der Waals surface area contributed by atoms with Gasteiger partial charge in [-0.2, -0.15) is 5.10 Å².